The van der Waals surface area contributed by atoms with E-state index in [1.807, 2.05) is 6.08 Å². The Morgan fingerprint density at radius 3 is 1.17 bits per heavy atom. The normalized spacial score (nSPS) is 19.3. The quantitative estimate of drug-likeness (QED) is 0.0261. The number of hydrogen-bond acceptors (Lipinski definition) is 8. The number of rotatable bonds is 54. The van der Waals surface area contributed by atoms with Crippen LogP contribution in [0.1, 0.15) is 303 Å². The molecule has 1 amide bonds. The van der Waals surface area contributed by atoms with E-state index >= 15 is 0 Å². The number of allylic oxidation sites excluding steroid dienone is 5. The first-order valence-electron chi connectivity index (χ1n) is 31.2. The molecule has 1 aliphatic heterocycles. The molecule has 0 bridgehead atoms. The maximum Gasteiger partial charge on any atom is 0.220 e. The van der Waals surface area contributed by atoms with Crippen molar-refractivity contribution in [2.45, 2.75) is 346 Å². The van der Waals surface area contributed by atoms with Crippen molar-refractivity contribution >= 4 is 5.91 Å². The number of carbonyl (C=O) groups is 1. The zero-order valence-corrected chi connectivity index (χ0v) is 47.2. The fraction of sp³-hybridized carbons (Fsp3) is 0.889. The molecule has 0 aromatic rings. The van der Waals surface area contributed by atoms with E-state index in [0.29, 0.717) is 6.42 Å². The zero-order chi connectivity index (χ0) is 52.2. The van der Waals surface area contributed by atoms with Crippen molar-refractivity contribution in [1.82, 2.24) is 5.32 Å². The summed E-state index contributed by atoms with van der Waals surface area (Å²) in [5, 5.41) is 54.5. The number of hydrogen-bond donors (Lipinski definition) is 6. The molecular formula is C63H119NO8. The van der Waals surface area contributed by atoms with Gasteiger partial charge in [-0.2, -0.15) is 0 Å². The number of nitrogens with one attached hydrogen (secondary N) is 1. The van der Waals surface area contributed by atoms with Crippen molar-refractivity contribution in [3.8, 4) is 0 Å². The van der Waals surface area contributed by atoms with Gasteiger partial charge in [-0.05, 0) is 57.8 Å². The average Bonchev–Trinajstić information content (AvgIpc) is 3.38. The summed E-state index contributed by atoms with van der Waals surface area (Å²) in [5.41, 5.74) is 0. The molecule has 0 saturated carbocycles. The second-order valence-corrected chi connectivity index (χ2v) is 21.8. The highest BCUT2D eigenvalue weighted by Gasteiger charge is 2.44. The van der Waals surface area contributed by atoms with E-state index in [1.165, 1.54) is 244 Å². The van der Waals surface area contributed by atoms with E-state index in [-0.39, 0.29) is 12.5 Å². The monoisotopic (exact) mass is 1020 g/mol. The first kappa shape index (κ1) is 68.4. The fourth-order valence-electron chi connectivity index (χ4n) is 9.99. The van der Waals surface area contributed by atoms with Gasteiger partial charge >= 0.3 is 0 Å². The Morgan fingerprint density at radius 1 is 0.458 bits per heavy atom. The van der Waals surface area contributed by atoms with Crippen LogP contribution in [-0.2, 0) is 14.3 Å². The van der Waals surface area contributed by atoms with E-state index < -0.39 is 49.5 Å². The number of aliphatic hydroxyl groups excluding tert-OH is 5. The number of ether oxygens (including phenoxy) is 2. The lowest BCUT2D eigenvalue weighted by atomic mass is 9.99. The summed E-state index contributed by atoms with van der Waals surface area (Å²) in [5.74, 6) is -0.182. The molecule has 0 aliphatic carbocycles. The minimum Gasteiger partial charge on any atom is -0.394 e. The van der Waals surface area contributed by atoms with Gasteiger partial charge in [0.1, 0.15) is 24.4 Å². The highest BCUT2D eigenvalue weighted by atomic mass is 16.7. The summed E-state index contributed by atoms with van der Waals surface area (Å²) in [6, 6.07) is -0.821. The van der Waals surface area contributed by atoms with Crippen LogP contribution in [0.15, 0.2) is 36.5 Å². The van der Waals surface area contributed by atoms with E-state index in [9.17, 15) is 30.3 Å². The Bertz CT molecular complexity index is 1230. The molecule has 0 aromatic carbocycles. The smallest absolute Gasteiger partial charge is 0.220 e. The molecule has 9 nitrogen and oxygen atoms in total. The molecule has 7 unspecified atom stereocenters. The molecule has 72 heavy (non-hydrogen) atoms. The van der Waals surface area contributed by atoms with Gasteiger partial charge in [0.05, 0.1) is 25.4 Å². The van der Waals surface area contributed by atoms with Gasteiger partial charge in [-0.3, -0.25) is 4.79 Å². The number of amides is 1. The minimum atomic E-state index is -1.57. The second-order valence-electron chi connectivity index (χ2n) is 21.8. The van der Waals surface area contributed by atoms with Crippen LogP contribution in [0.2, 0.25) is 0 Å². The maximum absolute atomic E-state index is 13.1. The Labute approximate surface area is 444 Å². The van der Waals surface area contributed by atoms with Crippen LogP contribution in [0.25, 0.3) is 0 Å². The molecule has 0 spiro atoms. The van der Waals surface area contributed by atoms with Gasteiger partial charge in [0.25, 0.3) is 0 Å². The average molecular weight is 1020 g/mol. The van der Waals surface area contributed by atoms with Gasteiger partial charge in [0, 0.05) is 6.42 Å². The molecule has 1 fully saturated rings. The fourth-order valence-corrected chi connectivity index (χ4v) is 9.99. The summed E-state index contributed by atoms with van der Waals surface area (Å²) in [4.78, 5) is 13.1. The zero-order valence-electron chi connectivity index (χ0n) is 47.2. The van der Waals surface area contributed by atoms with Crippen molar-refractivity contribution in [1.29, 1.82) is 0 Å². The minimum absolute atomic E-state index is 0.182. The third-order valence-electron chi connectivity index (χ3n) is 14.9. The summed E-state index contributed by atoms with van der Waals surface area (Å²) in [7, 11) is 0. The number of unbranched alkanes of at least 4 members (excludes halogenated alkanes) is 40. The van der Waals surface area contributed by atoms with Crippen LogP contribution in [0, 0.1) is 0 Å². The summed E-state index contributed by atoms with van der Waals surface area (Å²) in [6.07, 6.45) is 62.3. The topological polar surface area (TPSA) is 149 Å². The number of aliphatic hydroxyl groups is 5. The third-order valence-corrected chi connectivity index (χ3v) is 14.9. The number of carbonyl (C=O) groups excluding carboxylic acids is 1. The first-order chi connectivity index (χ1) is 35.3. The van der Waals surface area contributed by atoms with Crippen LogP contribution < -0.4 is 5.32 Å². The molecule has 1 saturated heterocycles. The predicted molar refractivity (Wildman–Crippen MR) is 304 cm³/mol. The highest BCUT2D eigenvalue weighted by molar-refractivity contribution is 5.76. The predicted octanol–water partition coefficient (Wildman–Crippen LogP) is 15.9. The van der Waals surface area contributed by atoms with Gasteiger partial charge in [0.2, 0.25) is 5.91 Å². The molecule has 0 radical (unpaired) electrons. The lowest BCUT2D eigenvalue weighted by Crippen LogP contribution is -2.60. The SMILES string of the molecule is CCCCCCCCCCCCCC/C=C\CCCCCCCCCCCCCCCCC(=O)NC(COC1OC(CO)C(O)C(O)C1O)C(O)/C=C/CC/C=C/CCCCCCCCCCCCCCC. The maximum atomic E-state index is 13.1. The van der Waals surface area contributed by atoms with E-state index in [0.717, 1.165) is 38.5 Å². The molecular weight excluding hydrogens is 899 g/mol. The molecule has 0 aromatic heterocycles. The Kier molecular flexibility index (Phi) is 50.2. The lowest BCUT2D eigenvalue weighted by molar-refractivity contribution is -0.302. The van der Waals surface area contributed by atoms with Gasteiger partial charge in [-0.25, -0.2) is 0 Å². The molecule has 1 rings (SSSR count). The molecule has 9 heteroatoms. The largest absolute Gasteiger partial charge is 0.394 e. The first-order valence-corrected chi connectivity index (χ1v) is 31.2. The van der Waals surface area contributed by atoms with E-state index in [2.05, 4.69) is 43.5 Å². The van der Waals surface area contributed by atoms with E-state index in [1.54, 1.807) is 6.08 Å². The Hall–Kier alpha value is -1.59. The van der Waals surface area contributed by atoms with Crippen molar-refractivity contribution in [3.05, 3.63) is 36.5 Å². The molecule has 7 atom stereocenters. The van der Waals surface area contributed by atoms with Crippen LogP contribution in [-0.4, -0.2) is 87.5 Å². The second kappa shape index (κ2) is 52.8. The lowest BCUT2D eigenvalue weighted by Gasteiger charge is -2.40. The molecule has 1 heterocycles. The van der Waals surface area contributed by atoms with Crippen LogP contribution in [0.5, 0.6) is 0 Å². The van der Waals surface area contributed by atoms with Gasteiger partial charge in [-0.1, -0.05) is 275 Å². The van der Waals surface area contributed by atoms with E-state index in [4.69, 9.17) is 9.47 Å². The van der Waals surface area contributed by atoms with Gasteiger partial charge in [0.15, 0.2) is 6.29 Å². The van der Waals surface area contributed by atoms with Crippen LogP contribution in [0.4, 0.5) is 0 Å². The van der Waals surface area contributed by atoms with Crippen molar-refractivity contribution in [2.75, 3.05) is 13.2 Å². The summed E-state index contributed by atoms with van der Waals surface area (Å²) < 4.78 is 11.3. The van der Waals surface area contributed by atoms with Crippen molar-refractivity contribution < 1.29 is 39.8 Å². The molecule has 1 aliphatic rings. The standard InChI is InChI=1S/C63H119NO8/c1-3-5-7-9-11-13-15-17-19-21-23-24-25-26-27-28-29-30-31-32-33-35-37-39-41-43-45-47-49-51-53-59(67)64-56(55-71-63-62(70)61(69)60(68)58(54-65)72-63)57(66)52-50-48-46-44-42-40-38-36-34-22-20-18-16-14-12-10-8-6-4-2/h26-27,42,44,50,52,56-58,60-63,65-66,68-70H,3-25,28-41,43,45-49,51,53-55H2,1-2H3,(H,64,67)/b27-26-,44-42+,52-50+. The molecule has 6 N–H and O–H groups in total. The summed E-state index contributed by atoms with van der Waals surface area (Å²) >= 11 is 0. The molecule has 424 valence electrons. The van der Waals surface area contributed by atoms with Crippen LogP contribution in [0.3, 0.4) is 0 Å². The third kappa shape index (κ3) is 41.6. The highest BCUT2D eigenvalue weighted by Crippen LogP contribution is 2.23. The Balaban J connectivity index is 2.17. The summed E-state index contributed by atoms with van der Waals surface area (Å²) in [6.45, 7) is 3.80. The van der Waals surface area contributed by atoms with Gasteiger partial charge in [-0.15, -0.1) is 0 Å². The van der Waals surface area contributed by atoms with Gasteiger partial charge < -0.3 is 40.3 Å². The van der Waals surface area contributed by atoms with Crippen molar-refractivity contribution in [3.63, 3.8) is 0 Å². The van der Waals surface area contributed by atoms with Crippen molar-refractivity contribution in [2.24, 2.45) is 0 Å². The van der Waals surface area contributed by atoms with Crippen LogP contribution >= 0.6 is 0 Å². The Morgan fingerprint density at radius 2 is 0.792 bits per heavy atom.